The molecule has 0 bridgehead atoms. The molecule has 4 aromatic rings. The first-order valence-electron chi connectivity index (χ1n) is 7.92. The summed E-state index contributed by atoms with van der Waals surface area (Å²) in [5.41, 5.74) is 3.26. The highest BCUT2D eigenvalue weighted by molar-refractivity contribution is 8.02. The van der Waals surface area contributed by atoms with Gasteiger partial charge in [-0.2, -0.15) is 0 Å². The summed E-state index contributed by atoms with van der Waals surface area (Å²) in [4.78, 5) is 4.82. The van der Waals surface area contributed by atoms with Crippen LogP contribution in [0.2, 0.25) is 5.02 Å². The molecule has 2 aromatic heterocycles. The average molecular weight is 419 g/mol. The molecule has 0 spiro atoms. The lowest BCUT2D eigenvalue weighted by Crippen LogP contribution is -2.04. The number of benzene rings is 2. The number of halogens is 1. The standard InChI is InChI=1S/C18H15ClN4S3/c1-24-17-21-22-18(26-17)25-11-16-20-14-9-13(19)7-8-15(14)23(16)10-12-5-3-2-4-6-12/h2-9H,10-11H2,1H3. The molecule has 2 heterocycles. The van der Waals surface area contributed by atoms with E-state index in [1.807, 2.05) is 30.5 Å². The Morgan fingerprint density at radius 3 is 2.65 bits per heavy atom. The van der Waals surface area contributed by atoms with Crippen molar-refractivity contribution in [2.24, 2.45) is 0 Å². The molecule has 0 aliphatic rings. The molecule has 0 aliphatic carbocycles. The van der Waals surface area contributed by atoms with E-state index in [9.17, 15) is 0 Å². The largest absolute Gasteiger partial charge is 0.323 e. The molecule has 0 amide bonds. The van der Waals surface area contributed by atoms with Gasteiger partial charge >= 0.3 is 0 Å². The van der Waals surface area contributed by atoms with Gasteiger partial charge in [-0.05, 0) is 30.0 Å². The number of rotatable bonds is 6. The van der Waals surface area contributed by atoms with Gasteiger partial charge in [0.2, 0.25) is 0 Å². The fourth-order valence-electron chi connectivity index (χ4n) is 2.67. The van der Waals surface area contributed by atoms with Gasteiger partial charge in [0.05, 0.1) is 16.8 Å². The number of hydrogen-bond acceptors (Lipinski definition) is 6. The molecule has 0 atom stereocenters. The second-order valence-electron chi connectivity index (χ2n) is 5.56. The highest BCUT2D eigenvalue weighted by Gasteiger charge is 2.13. The number of hydrogen-bond donors (Lipinski definition) is 0. The zero-order valence-electron chi connectivity index (χ0n) is 13.9. The fourth-order valence-corrected chi connectivity index (χ4v) is 5.22. The van der Waals surface area contributed by atoms with Crippen molar-refractivity contribution in [1.29, 1.82) is 0 Å². The van der Waals surface area contributed by atoms with Crippen molar-refractivity contribution < 1.29 is 0 Å². The predicted molar refractivity (Wildman–Crippen MR) is 112 cm³/mol. The van der Waals surface area contributed by atoms with Gasteiger partial charge in [-0.3, -0.25) is 0 Å². The van der Waals surface area contributed by atoms with Crippen LogP contribution in [0.25, 0.3) is 11.0 Å². The molecule has 4 nitrogen and oxygen atoms in total. The van der Waals surface area contributed by atoms with Gasteiger partial charge in [-0.1, -0.05) is 76.8 Å². The molecular weight excluding hydrogens is 404 g/mol. The minimum absolute atomic E-state index is 0.704. The quantitative estimate of drug-likeness (QED) is 0.381. The van der Waals surface area contributed by atoms with Crippen LogP contribution in [0.5, 0.6) is 0 Å². The molecule has 0 radical (unpaired) electrons. The maximum absolute atomic E-state index is 6.16. The lowest BCUT2D eigenvalue weighted by Gasteiger charge is -2.09. The summed E-state index contributed by atoms with van der Waals surface area (Å²) in [6, 6.07) is 16.3. The Morgan fingerprint density at radius 1 is 1.08 bits per heavy atom. The summed E-state index contributed by atoms with van der Waals surface area (Å²) >= 11 is 11.1. The maximum Gasteiger partial charge on any atom is 0.175 e. The van der Waals surface area contributed by atoms with Gasteiger partial charge in [0.25, 0.3) is 0 Å². The van der Waals surface area contributed by atoms with Crippen LogP contribution in [0.3, 0.4) is 0 Å². The summed E-state index contributed by atoms with van der Waals surface area (Å²) in [7, 11) is 0. The summed E-state index contributed by atoms with van der Waals surface area (Å²) < 4.78 is 4.20. The monoisotopic (exact) mass is 418 g/mol. The normalized spacial score (nSPS) is 11.3. The average Bonchev–Trinajstić information content (AvgIpc) is 3.25. The number of imidazole rings is 1. The maximum atomic E-state index is 6.16. The Kier molecular flexibility index (Phi) is 5.49. The first kappa shape index (κ1) is 17.9. The lowest BCUT2D eigenvalue weighted by molar-refractivity contribution is 0.780. The lowest BCUT2D eigenvalue weighted by atomic mass is 10.2. The smallest absolute Gasteiger partial charge is 0.175 e. The Balaban J connectivity index is 1.66. The van der Waals surface area contributed by atoms with Crippen molar-refractivity contribution in [2.75, 3.05) is 6.26 Å². The second-order valence-corrected chi connectivity index (χ2v) is 9.25. The molecular formula is C18H15ClN4S3. The van der Waals surface area contributed by atoms with E-state index in [2.05, 4.69) is 39.0 Å². The van der Waals surface area contributed by atoms with Crippen molar-refractivity contribution in [3.63, 3.8) is 0 Å². The third-order valence-electron chi connectivity index (χ3n) is 3.86. The number of aromatic nitrogens is 4. The topological polar surface area (TPSA) is 43.6 Å². The summed E-state index contributed by atoms with van der Waals surface area (Å²) in [6.45, 7) is 0.779. The summed E-state index contributed by atoms with van der Waals surface area (Å²) in [5.74, 6) is 1.75. The molecule has 2 aromatic carbocycles. The van der Waals surface area contributed by atoms with Crippen LogP contribution in [0.4, 0.5) is 0 Å². The minimum Gasteiger partial charge on any atom is -0.323 e. The highest BCUT2D eigenvalue weighted by Crippen LogP contribution is 2.31. The number of nitrogens with zero attached hydrogens (tertiary/aromatic N) is 4. The van der Waals surface area contributed by atoms with Crippen molar-refractivity contribution in [2.45, 2.75) is 21.0 Å². The van der Waals surface area contributed by atoms with Crippen LogP contribution in [0.15, 0.2) is 57.2 Å². The number of fused-ring (bicyclic) bond motifs is 1. The van der Waals surface area contributed by atoms with Crippen LogP contribution in [0, 0.1) is 0 Å². The fraction of sp³-hybridized carbons (Fsp3) is 0.167. The number of thioether (sulfide) groups is 2. The Bertz CT molecular complexity index is 1030. The van der Waals surface area contributed by atoms with E-state index < -0.39 is 0 Å². The Morgan fingerprint density at radius 2 is 1.88 bits per heavy atom. The van der Waals surface area contributed by atoms with Crippen LogP contribution in [-0.2, 0) is 12.3 Å². The first-order chi connectivity index (χ1) is 12.7. The first-order valence-corrected chi connectivity index (χ1v) is 11.3. The van der Waals surface area contributed by atoms with Gasteiger partial charge in [0.15, 0.2) is 8.68 Å². The molecule has 0 fully saturated rings. The molecule has 0 unspecified atom stereocenters. The second kappa shape index (κ2) is 8.00. The van der Waals surface area contributed by atoms with E-state index in [1.54, 1.807) is 34.9 Å². The summed E-state index contributed by atoms with van der Waals surface area (Å²) in [6.07, 6.45) is 2.01. The van der Waals surface area contributed by atoms with Crippen LogP contribution >= 0.6 is 46.5 Å². The zero-order chi connectivity index (χ0) is 17.9. The van der Waals surface area contributed by atoms with Gasteiger partial charge in [-0.25, -0.2) is 4.98 Å². The van der Waals surface area contributed by atoms with Gasteiger partial charge in [0, 0.05) is 11.6 Å². The molecule has 8 heteroatoms. The van der Waals surface area contributed by atoms with Crippen molar-refractivity contribution >= 4 is 57.5 Å². The zero-order valence-corrected chi connectivity index (χ0v) is 17.1. The van der Waals surface area contributed by atoms with E-state index in [4.69, 9.17) is 16.6 Å². The molecule has 4 rings (SSSR count). The SMILES string of the molecule is CSc1nnc(SCc2nc3cc(Cl)ccc3n2Cc2ccccc2)s1. The molecule has 26 heavy (non-hydrogen) atoms. The molecule has 132 valence electrons. The van der Waals surface area contributed by atoms with Gasteiger partial charge in [-0.15, -0.1) is 10.2 Å². The highest BCUT2D eigenvalue weighted by atomic mass is 35.5. The van der Waals surface area contributed by atoms with Gasteiger partial charge in [0.1, 0.15) is 5.82 Å². The van der Waals surface area contributed by atoms with Crippen LogP contribution in [0.1, 0.15) is 11.4 Å². The Hall–Kier alpha value is -1.54. The van der Waals surface area contributed by atoms with E-state index in [-0.39, 0.29) is 0 Å². The van der Waals surface area contributed by atoms with E-state index >= 15 is 0 Å². The molecule has 0 saturated carbocycles. The van der Waals surface area contributed by atoms with Crippen LogP contribution in [-0.4, -0.2) is 26.0 Å². The third-order valence-corrected chi connectivity index (χ3v) is 7.12. The Labute approximate surface area is 169 Å². The molecule has 0 aliphatic heterocycles. The van der Waals surface area contributed by atoms with Crippen molar-refractivity contribution in [3.8, 4) is 0 Å². The summed E-state index contributed by atoms with van der Waals surface area (Å²) in [5, 5.41) is 9.10. The van der Waals surface area contributed by atoms with E-state index in [1.165, 1.54) is 5.56 Å². The van der Waals surface area contributed by atoms with E-state index in [0.29, 0.717) is 5.02 Å². The van der Waals surface area contributed by atoms with Crippen LogP contribution < -0.4 is 0 Å². The van der Waals surface area contributed by atoms with Crippen molar-refractivity contribution in [1.82, 2.24) is 19.7 Å². The minimum atomic E-state index is 0.704. The van der Waals surface area contributed by atoms with Crippen molar-refractivity contribution in [3.05, 3.63) is 64.9 Å². The predicted octanol–water partition coefficient (Wildman–Crippen LogP) is 5.60. The van der Waals surface area contributed by atoms with E-state index in [0.717, 1.165) is 37.8 Å². The third kappa shape index (κ3) is 3.91. The molecule has 0 saturated heterocycles. The molecule has 0 N–H and O–H groups in total. The van der Waals surface area contributed by atoms with Gasteiger partial charge < -0.3 is 4.57 Å².